The van der Waals surface area contributed by atoms with Gasteiger partial charge in [-0.15, -0.1) is 20.4 Å². The third-order valence-electron chi connectivity index (χ3n) is 17.3. The fourth-order valence-electron chi connectivity index (χ4n) is 13.7. The number of para-hydroxylation sites is 2. The van der Waals surface area contributed by atoms with Gasteiger partial charge in [-0.1, -0.05) is 102 Å². The largest absolute Gasteiger partial charge is 0.364 e. The topological polar surface area (TPSA) is 179 Å². The van der Waals surface area contributed by atoms with Crippen molar-refractivity contribution < 1.29 is 10.4 Å². The van der Waals surface area contributed by atoms with Gasteiger partial charge >= 0.3 is 0 Å². The lowest BCUT2D eigenvalue weighted by Gasteiger charge is -2.51. The molecule has 2 atom stereocenters. The van der Waals surface area contributed by atoms with E-state index in [-0.39, 0.29) is 23.5 Å². The Bertz CT molecular complexity index is 3030. The van der Waals surface area contributed by atoms with Gasteiger partial charge in [0, 0.05) is 95.7 Å². The average molecular weight is 1080 g/mol. The summed E-state index contributed by atoms with van der Waals surface area (Å²) in [5, 5.41) is 61.8. The molecule has 0 saturated carbocycles. The van der Waals surface area contributed by atoms with Crippen LogP contribution in [0.15, 0.2) is 109 Å². The van der Waals surface area contributed by atoms with Gasteiger partial charge in [-0.05, 0) is 130 Å². The second-order valence-corrected chi connectivity index (χ2v) is 25.8. The van der Waals surface area contributed by atoms with Crippen molar-refractivity contribution in [2.75, 3.05) is 22.9 Å². The van der Waals surface area contributed by atoms with Gasteiger partial charge in [-0.2, -0.15) is 10.1 Å². The van der Waals surface area contributed by atoms with Gasteiger partial charge in [-0.25, -0.2) is 9.36 Å². The molecule has 2 unspecified atom stereocenters. The van der Waals surface area contributed by atoms with E-state index < -0.39 is 22.2 Å². The molecule has 0 bridgehead atoms. The molecule has 2 N–H and O–H groups in total. The van der Waals surface area contributed by atoms with Crippen LogP contribution in [0, 0.1) is 0 Å². The van der Waals surface area contributed by atoms with E-state index in [0.717, 1.165) is 74.4 Å². The van der Waals surface area contributed by atoms with Crippen molar-refractivity contribution in [2.24, 2.45) is 0 Å². The molecule has 10 rings (SSSR count). The van der Waals surface area contributed by atoms with E-state index in [1.54, 1.807) is 0 Å². The number of rotatable bonds is 19. The van der Waals surface area contributed by atoms with Crippen LogP contribution < -0.4 is 9.80 Å². The Hall–Kier alpha value is -6.38. The summed E-state index contributed by atoms with van der Waals surface area (Å²) in [5.41, 5.74) is 8.44. The number of benzene rings is 2. The molecular weight excluding hydrogens is 991 g/mol. The van der Waals surface area contributed by atoms with E-state index in [1.165, 1.54) is 38.3 Å². The minimum absolute atomic E-state index is 0.0510. The van der Waals surface area contributed by atoms with Crippen molar-refractivity contribution in [2.45, 2.75) is 206 Å². The molecule has 0 aliphatic carbocycles. The molecular formula is C60H85N17O2. The first-order valence-electron chi connectivity index (χ1n) is 28.6. The summed E-state index contributed by atoms with van der Waals surface area (Å²) in [5.74, 6) is 0.370. The summed E-state index contributed by atoms with van der Waals surface area (Å²) in [6.45, 7) is 30.3. The average Bonchev–Trinajstić information content (AvgIpc) is 4.51. The molecule has 0 amide bonds. The number of allylic oxidation sites excluding steroid dienone is 5. The van der Waals surface area contributed by atoms with Crippen molar-refractivity contribution in [1.82, 2.24) is 75.0 Å². The van der Waals surface area contributed by atoms with E-state index in [0.29, 0.717) is 38.6 Å². The zero-order valence-corrected chi connectivity index (χ0v) is 48.8. The number of likely N-dealkylation sites (N-methyl/N-ethyl adjacent to an activating group) is 1. The Morgan fingerprint density at radius 2 is 1.08 bits per heavy atom. The molecule has 422 valence electrons. The van der Waals surface area contributed by atoms with Gasteiger partial charge in [0.25, 0.3) is 0 Å². The van der Waals surface area contributed by atoms with Gasteiger partial charge in [0.05, 0.1) is 66.4 Å². The summed E-state index contributed by atoms with van der Waals surface area (Å²) in [6, 6.07) is 18.0. The highest BCUT2D eigenvalue weighted by molar-refractivity contribution is 5.70. The Kier molecular flexibility index (Phi) is 15.5. The first-order valence-corrected chi connectivity index (χ1v) is 28.6. The first-order chi connectivity index (χ1) is 37.5. The zero-order chi connectivity index (χ0) is 56.1. The normalized spacial score (nSPS) is 22.6. The molecule has 2 fully saturated rings. The standard InChI is InChI=1S/C60H85N17O2/c1-13-72-54-27-20-18-24-51(54)60(11,12)55(72)28-16-14-15-25-52-43(2)50-23-17-19-26-53(50)73(52)29-21-22-44-39-70(65-61-44)30-31-71-40-45(62-66-71)36-69(37-46-41-74(67-63-46)48-32-56(3,4)76(78)57(5,6)33-48)38-47-42-75(68-64-47)49-34-58(7,8)77(79)59(9,10)35-49/h14-20,23-28,39-43,48-49,52,78-79H,13,21-22,29-38H2,1-12H3/b16-14+,25-15+,55-28-. The maximum atomic E-state index is 11.0. The smallest absolute Gasteiger partial charge is 0.0967 e. The Balaban J connectivity index is 0.763. The highest BCUT2D eigenvalue weighted by Gasteiger charge is 2.47. The predicted octanol–water partition coefficient (Wildman–Crippen LogP) is 9.86. The van der Waals surface area contributed by atoms with Crippen LogP contribution in [-0.4, -0.2) is 127 Å². The number of hydrogen-bond donors (Lipinski definition) is 2. The fourth-order valence-corrected chi connectivity index (χ4v) is 13.7. The van der Waals surface area contributed by atoms with Crippen molar-refractivity contribution >= 4 is 11.4 Å². The third kappa shape index (κ3) is 11.6. The molecule has 0 spiro atoms. The van der Waals surface area contributed by atoms with Crippen LogP contribution in [-0.2, 0) is 44.6 Å². The highest BCUT2D eigenvalue weighted by Crippen LogP contribution is 2.48. The fraction of sp³-hybridized carbons (Fsp3) is 0.567. The number of nitrogens with zero attached hydrogens (tertiary/aromatic N) is 17. The van der Waals surface area contributed by atoms with E-state index in [2.05, 4.69) is 224 Å². The quantitative estimate of drug-likeness (QED) is 0.0732. The summed E-state index contributed by atoms with van der Waals surface area (Å²) in [4.78, 5) is 7.25. The van der Waals surface area contributed by atoms with Crippen LogP contribution in [0.25, 0.3) is 0 Å². The third-order valence-corrected chi connectivity index (χ3v) is 17.3. The molecule has 19 heteroatoms. The van der Waals surface area contributed by atoms with Crippen molar-refractivity contribution in [3.8, 4) is 0 Å². The number of aryl methyl sites for hydroxylation is 3. The molecule has 79 heavy (non-hydrogen) atoms. The molecule has 8 heterocycles. The molecule has 6 aromatic rings. The Morgan fingerprint density at radius 1 is 0.582 bits per heavy atom. The minimum atomic E-state index is -0.420. The monoisotopic (exact) mass is 1080 g/mol. The van der Waals surface area contributed by atoms with Gasteiger partial charge < -0.3 is 20.2 Å². The second kappa shape index (κ2) is 21.9. The van der Waals surface area contributed by atoms with Gasteiger partial charge in [0.15, 0.2) is 0 Å². The van der Waals surface area contributed by atoms with Crippen molar-refractivity contribution in [3.05, 3.63) is 143 Å². The molecule has 4 aliphatic rings. The molecule has 4 aromatic heterocycles. The van der Waals surface area contributed by atoms with Gasteiger partial charge in [0.2, 0.25) is 0 Å². The summed E-state index contributed by atoms with van der Waals surface area (Å²) < 4.78 is 7.72. The number of anilines is 2. The van der Waals surface area contributed by atoms with Crippen LogP contribution in [0.5, 0.6) is 0 Å². The van der Waals surface area contributed by atoms with Crippen molar-refractivity contribution in [3.63, 3.8) is 0 Å². The Labute approximate surface area is 467 Å². The summed E-state index contributed by atoms with van der Waals surface area (Å²) >= 11 is 0. The molecule has 2 aromatic carbocycles. The lowest BCUT2D eigenvalue weighted by Crippen LogP contribution is -2.59. The highest BCUT2D eigenvalue weighted by atomic mass is 16.5. The van der Waals surface area contributed by atoms with Gasteiger partial charge in [0.1, 0.15) is 0 Å². The van der Waals surface area contributed by atoms with Crippen LogP contribution in [0.2, 0.25) is 0 Å². The van der Waals surface area contributed by atoms with Crippen LogP contribution >= 0.6 is 0 Å². The van der Waals surface area contributed by atoms with Crippen LogP contribution in [0.3, 0.4) is 0 Å². The Morgan fingerprint density at radius 3 is 1.65 bits per heavy atom. The summed E-state index contributed by atoms with van der Waals surface area (Å²) in [7, 11) is 0. The second-order valence-electron chi connectivity index (χ2n) is 25.8. The summed E-state index contributed by atoms with van der Waals surface area (Å²) in [6.07, 6.45) is 24.1. The molecule has 19 nitrogen and oxygen atoms in total. The van der Waals surface area contributed by atoms with E-state index in [9.17, 15) is 10.4 Å². The van der Waals surface area contributed by atoms with Crippen molar-refractivity contribution in [1.29, 1.82) is 0 Å². The number of hydroxylamine groups is 4. The number of aromatic nitrogens is 12. The maximum absolute atomic E-state index is 11.0. The maximum Gasteiger partial charge on any atom is 0.0967 e. The van der Waals surface area contributed by atoms with E-state index in [4.69, 9.17) is 0 Å². The van der Waals surface area contributed by atoms with E-state index >= 15 is 0 Å². The van der Waals surface area contributed by atoms with Gasteiger partial charge in [-0.3, -0.25) is 14.3 Å². The lowest BCUT2D eigenvalue weighted by molar-refractivity contribution is -0.249. The number of piperidine rings is 2. The first kappa shape index (κ1) is 55.9. The number of hydrogen-bond acceptors (Lipinski definition) is 15. The minimum Gasteiger partial charge on any atom is -0.364 e. The van der Waals surface area contributed by atoms with E-state index in [1.807, 2.05) is 37.3 Å². The predicted molar refractivity (Wildman–Crippen MR) is 306 cm³/mol. The zero-order valence-electron chi connectivity index (χ0n) is 48.8. The SMILES string of the molecule is CCN1\C(=C/C=C/C=C/C2C(C)c3ccccc3N2CCCc2cn(CCn3cc(CN(Cc4cn(C5CC(C)(C)N(O)C(C)(C)C5)nn4)Cc4cn(C5CC(C)(C)N(O)C(C)(C)C5)nn4)nn3)nn2)C(C)(C)c2ccccc21. The number of fused-ring (bicyclic) bond motifs is 2. The molecule has 0 radical (unpaired) electrons. The lowest BCUT2D eigenvalue weighted by atomic mass is 9.79. The molecule has 4 aliphatic heterocycles. The molecule has 2 saturated heterocycles. The van der Waals surface area contributed by atoms with Crippen LogP contribution in [0.1, 0.15) is 167 Å². The van der Waals surface area contributed by atoms with Crippen LogP contribution in [0.4, 0.5) is 11.4 Å².